The Morgan fingerprint density at radius 3 is 2.87 bits per heavy atom. The number of benzene rings is 1. The summed E-state index contributed by atoms with van der Waals surface area (Å²) in [4.78, 5) is 12.0. The molecule has 1 amide bonds. The lowest BCUT2D eigenvalue weighted by Gasteiger charge is -2.08. The minimum atomic E-state index is -0.529. The Balaban J connectivity index is 1.61. The molecular weight excluding hydrogens is 341 g/mol. The quantitative estimate of drug-likeness (QED) is 0.718. The topological polar surface area (TPSA) is 64.7 Å². The van der Waals surface area contributed by atoms with Crippen molar-refractivity contribution >= 4 is 35.0 Å². The van der Waals surface area contributed by atoms with E-state index in [2.05, 4.69) is 15.5 Å². The molecule has 9 heteroatoms. The van der Waals surface area contributed by atoms with E-state index in [0.29, 0.717) is 10.8 Å². The van der Waals surface area contributed by atoms with Crippen LogP contribution in [0.1, 0.15) is 0 Å². The van der Waals surface area contributed by atoms with Gasteiger partial charge in [-0.15, -0.1) is 10.2 Å². The monoisotopic (exact) mass is 351 g/mol. The fourth-order valence-corrected chi connectivity index (χ4v) is 2.73. The molecule has 1 N–H and O–H groups in total. The first-order valence-corrected chi connectivity index (χ1v) is 7.91. The van der Waals surface area contributed by atoms with Crippen molar-refractivity contribution in [2.24, 2.45) is 0 Å². The average molecular weight is 352 g/mol. The van der Waals surface area contributed by atoms with Crippen molar-refractivity contribution in [3.05, 3.63) is 59.9 Å². The van der Waals surface area contributed by atoms with Crippen LogP contribution in [0.15, 0.2) is 54.2 Å². The molecule has 0 saturated heterocycles. The Hall–Kier alpha value is -2.32. The first kappa shape index (κ1) is 15.6. The maximum absolute atomic E-state index is 13.1. The Labute approximate surface area is 140 Å². The standard InChI is InChI=1S/C14H11ClFN5OS/c15-11-7-10(3-4-12(11)16)18-13(22)8-23-14-19-17-9-21(14)20-5-1-2-6-20/h1-7,9H,8H2,(H,18,22). The van der Waals surface area contributed by atoms with Crippen LogP contribution in [0.4, 0.5) is 10.1 Å². The molecule has 118 valence electrons. The molecule has 0 atom stereocenters. The van der Waals surface area contributed by atoms with Gasteiger partial charge in [-0.05, 0) is 30.3 Å². The maximum atomic E-state index is 13.1. The molecule has 0 aliphatic rings. The van der Waals surface area contributed by atoms with Gasteiger partial charge in [0.15, 0.2) is 0 Å². The van der Waals surface area contributed by atoms with Crippen molar-refractivity contribution in [3.63, 3.8) is 0 Å². The second-order valence-electron chi connectivity index (χ2n) is 4.49. The Kier molecular flexibility index (Phi) is 4.63. The molecule has 6 nitrogen and oxygen atoms in total. The van der Waals surface area contributed by atoms with Gasteiger partial charge in [0.25, 0.3) is 0 Å². The van der Waals surface area contributed by atoms with Gasteiger partial charge in [0.05, 0.1) is 10.8 Å². The molecule has 1 aromatic carbocycles. The molecule has 2 aromatic heterocycles. The second-order valence-corrected chi connectivity index (χ2v) is 5.84. The minimum absolute atomic E-state index is 0.0391. The van der Waals surface area contributed by atoms with E-state index in [1.807, 2.05) is 24.5 Å². The van der Waals surface area contributed by atoms with Crippen LogP contribution in [0.3, 0.4) is 0 Å². The first-order valence-electron chi connectivity index (χ1n) is 6.55. The zero-order valence-electron chi connectivity index (χ0n) is 11.7. The predicted octanol–water partition coefficient (Wildman–Crippen LogP) is 2.91. The summed E-state index contributed by atoms with van der Waals surface area (Å²) >= 11 is 6.91. The van der Waals surface area contributed by atoms with Gasteiger partial charge in [0.2, 0.25) is 11.1 Å². The highest BCUT2D eigenvalue weighted by Gasteiger charge is 2.10. The predicted molar refractivity (Wildman–Crippen MR) is 86.0 cm³/mol. The van der Waals surface area contributed by atoms with Gasteiger partial charge < -0.3 is 5.32 Å². The van der Waals surface area contributed by atoms with Gasteiger partial charge in [-0.25, -0.2) is 9.07 Å². The molecule has 23 heavy (non-hydrogen) atoms. The van der Waals surface area contributed by atoms with Crippen LogP contribution in [0.25, 0.3) is 0 Å². The van der Waals surface area contributed by atoms with Crippen LogP contribution < -0.4 is 5.32 Å². The minimum Gasteiger partial charge on any atom is -0.325 e. The third-order valence-electron chi connectivity index (χ3n) is 2.87. The van der Waals surface area contributed by atoms with E-state index in [1.165, 1.54) is 30.0 Å². The summed E-state index contributed by atoms with van der Waals surface area (Å²) in [6, 6.07) is 7.76. The third-order valence-corrected chi connectivity index (χ3v) is 4.10. The largest absolute Gasteiger partial charge is 0.325 e. The van der Waals surface area contributed by atoms with Crippen molar-refractivity contribution in [1.29, 1.82) is 0 Å². The van der Waals surface area contributed by atoms with Crippen molar-refractivity contribution in [3.8, 4) is 0 Å². The molecule has 3 rings (SSSR count). The maximum Gasteiger partial charge on any atom is 0.234 e. The van der Waals surface area contributed by atoms with E-state index in [1.54, 1.807) is 15.7 Å². The highest BCUT2D eigenvalue weighted by Crippen LogP contribution is 2.20. The van der Waals surface area contributed by atoms with Crippen LogP contribution in [0.5, 0.6) is 0 Å². The Morgan fingerprint density at radius 2 is 2.13 bits per heavy atom. The molecule has 0 spiro atoms. The number of thioether (sulfide) groups is 1. The van der Waals surface area contributed by atoms with Gasteiger partial charge in [-0.3, -0.25) is 9.47 Å². The summed E-state index contributed by atoms with van der Waals surface area (Å²) in [7, 11) is 0. The van der Waals surface area contributed by atoms with Crippen LogP contribution in [0, 0.1) is 5.82 Å². The van der Waals surface area contributed by atoms with Crippen molar-refractivity contribution in [2.45, 2.75) is 5.16 Å². The summed E-state index contributed by atoms with van der Waals surface area (Å²) in [5.74, 6) is -0.645. The number of hydrogen-bond donors (Lipinski definition) is 1. The highest BCUT2D eigenvalue weighted by atomic mass is 35.5. The van der Waals surface area contributed by atoms with Gasteiger partial charge in [0, 0.05) is 18.1 Å². The number of hydrogen-bond acceptors (Lipinski definition) is 4. The van der Waals surface area contributed by atoms with Crippen LogP contribution in [-0.2, 0) is 4.79 Å². The van der Waals surface area contributed by atoms with Crippen molar-refractivity contribution in [2.75, 3.05) is 11.1 Å². The average Bonchev–Trinajstić information content (AvgIpc) is 3.19. The van der Waals surface area contributed by atoms with Crippen LogP contribution in [-0.4, -0.2) is 31.2 Å². The lowest BCUT2D eigenvalue weighted by atomic mass is 10.3. The number of rotatable bonds is 5. The lowest BCUT2D eigenvalue weighted by Crippen LogP contribution is -2.15. The normalized spacial score (nSPS) is 10.7. The number of anilines is 1. The molecule has 2 heterocycles. The van der Waals surface area contributed by atoms with Crippen LogP contribution >= 0.6 is 23.4 Å². The van der Waals surface area contributed by atoms with E-state index < -0.39 is 5.82 Å². The Morgan fingerprint density at radius 1 is 1.35 bits per heavy atom. The number of amides is 1. The molecule has 0 aliphatic heterocycles. The van der Waals surface area contributed by atoms with Gasteiger partial charge in [-0.2, -0.15) is 0 Å². The van der Waals surface area contributed by atoms with Gasteiger partial charge in [-0.1, -0.05) is 23.4 Å². The third kappa shape index (κ3) is 3.72. The molecule has 3 aromatic rings. The number of halogens is 2. The summed E-state index contributed by atoms with van der Waals surface area (Å²) in [5, 5.41) is 11.0. The van der Waals surface area contributed by atoms with E-state index >= 15 is 0 Å². The molecule has 0 aliphatic carbocycles. The molecule has 0 bridgehead atoms. The number of nitrogens with one attached hydrogen (secondary N) is 1. The molecule has 0 radical (unpaired) electrons. The smallest absolute Gasteiger partial charge is 0.234 e. The fraction of sp³-hybridized carbons (Fsp3) is 0.0714. The number of carbonyl (C=O) groups is 1. The molecular formula is C14H11ClFN5OS. The Bertz CT molecular complexity index is 820. The van der Waals surface area contributed by atoms with E-state index in [4.69, 9.17) is 11.6 Å². The lowest BCUT2D eigenvalue weighted by molar-refractivity contribution is -0.113. The molecule has 0 unspecified atom stereocenters. The van der Waals surface area contributed by atoms with E-state index in [-0.39, 0.29) is 16.7 Å². The second kappa shape index (κ2) is 6.84. The van der Waals surface area contributed by atoms with E-state index in [0.717, 1.165) is 0 Å². The van der Waals surface area contributed by atoms with Crippen molar-refractivity contribution < 1.29 is 9.18 Å². The van der Waals surface area contributed by atoms with Crippen molar-refractivity contribution in [1.82, 2.24) is 19.5 Å². The summed E-state index contributed by atoms with van der Waals surface area (Å²) in [6.45, 7) is 0. The molecule has 0 saturated carbocycles. The van der Waals surface area contributed by atoms with E-state index in [9.17, 15) is 9.18 Å². The summed E-state index contributed by atoms with van der Waals surface area (Å²) < 4.78 is 16.6. The SMILES string of the molecule is O=C(CSc1nncn1-n1cccc1)Nc1ccc(F)c(Cl)c1. The summed E-state index contributed by atoms with van der Waals surface area (Å²) in [5.41, 5.74) is 0.439. The highest BCUT2D eigenvalue weighted by molar-refractivity contribution is 7.99. The zero-order chi connectivity index (χ0) is 16.2. The number of aromatic nitrogens is 4. The zero-order valence-corrected chi connectivity index (χ0v) is 13.3. The number of carbonyl (C=O) groups excluding carboxylic acids is 1. The molecule has 0 fully saturated rings. The fourth-order valence-electron chi connectivity index (χ4n) is 1.84. The van der Waals surface area contributed by atoms with Crippen LogP contribution in [0.2, 0.25) is 5.02 Å². The van der Waals surface area contributed by atoms with Gasteiger partial charge in [0.1, 0.15) is 12.1 Å². The number of nitrogens with zero attached hydrogens (tertiary/aromatic N) is 4. The van der Waals surface area contributed by atoms with Gasteiger partial charge >= 0.3 is 0 Å². The summed E-state index contributed by atoms with van der Waals surface area (Å²) in [6.07, 6.45) is 5.24. The first-order chi connectivity index (χ1) is 11.1.